The minimum absolute atomic E-state index is 0.108. The van der Waals surface area contributed by atoms with E-state index in [4.69, 9.17) is 9.47 Å². The summed E-state index contributed by atoms with van der Waals surface area (Å²) >= 11 is 0. The summed E-state index contributed by atoms with van der Waals surface area (Å²) in [6, 6.07) is 8.07. The normalized spacial score (nSPS) is 11.8. The molecular formula is C51H92O5. The van der Waals surface area contributed by atoms with E-state index in [-0.39, 0.29) is 18.4 Å². The number of hydrogen-bond donors (Lipinski definition) is 1. The number of benzene rings is 1. The highest BCUT2D eigenvalue weighted by atomic mass is 16.6. The molecule has 0 amide bonds. The molecule has 1 aromatic rings. The molecule has 5 nitrogen and oxygen atoms in total. The largest absolute Gasteiger partial charge is 0.465 e. The summed E-state index contributed by atoms with van der Waals surface area (Å²) in [5.41, 5.74) is 1.80. The molecule has 1 N–H and O–H groups in total. The fourth-order valence-electron chi connectivity index (χ4n) is 7.89. The van der Waals surface area contributed by atoms with Crippen LogP contribution in [-0.2, 0) is 30.9 Å². The number of ether oxygens (including phenoxy) is 2. The molecule has 0 aromatic heterocycles. The molecule has 326 valence electrons. The van der Waals surface area contributed by atoms with Gasteiger partial charge >= 0.3 is 11.9 Å². The molecule has 1 aromatic carbocycles. The molecule has 0 aliphatic rings. The molecular weight excluding hydrogens is 693 g/mol. The Labute approximate surface area is 347 Å². The average Bonchev–Trinajstić information content (AvgIpc) is 3.19. The molecule has 0 atom stereocenters. The number of carbonyl (C=O) groups is 2. The summed E-state index contributed by atoms with van der Waals surface area (Å²) in [6.45, 7) is 9.59. The third-order valence-electron chi connectivity index (χ3n) is 11.9. The van der Waals surface area contributed by atoms with Crippen LogP contribution in [0, 0.1) is 5.92 Å². The lowest BCUT2D eigenvalue weighted by Gasteiger charge is -2.25. The maximum absolute atomic E-state index is 13.4. The fraction of sp³-hybridized carbons (Fsp3) is 0.843. The van der Waals surface area contributed by atoms with Crippen molar-refractivity contribution in [3.05, 3.63) is 35.4 Å². The van der Waals surface area contributed by atoms with Crippen molar-refractivity contribution in [2.75, 3.05) is 19.8 Å². The van der Waals surface area contributed by atoms with Crippen molar-refractivity contribution in [3.63, 3.8) is 0 Å². The summed E-state index contributed by atoms with van der Waals surface area (Å²) in [5, 5.41) is 9.59. The Hall–Kier alpha value is -1.88. The lowest BCUT2D eigenvalue weighted by Crippen LogP contribution is -2.30. The second-order valence-corrected chi connectivity index (χ2v) is 17.8. The van der Waals surface area contributed by atoms with Gasteiger partial charge in [0.1, 0.15) is 0 Å². The highest BCUT2D eigenvalue weighted by molar-refractivity contribution is 5.95. The molecule has 0 bridgehead atoms. The Morgan fingerprint density at radius 3 is 1.16 bits per heavy atom. The van der Waals surface area contributed by atoms with Crippen molar-refractivity contribution < 1.29 is 24.2 Å². The zero-order chi connectivity index (χ0) is 40.8. The molecule has 56 heavy (non-hydrogen) atoms. The lowest BCUT2D eigenvalue weighted by atomic mass is 9.80. The van der Waals surface area contributed by atoms with Gasteiger partial charge in [0.15, 0.2) is 5.92 Å². The summed E-state index contributed by atoms with van der Waals surface area (Å²) < 4.78 is 11.4. The first-order valence-corrected chi connectivity index (χ1v) is 24.4. The van der Waals surface area contributed by atoms with Crippen LogP contribution in [-0.4, -0.2) is 36.9 Å². The first kappa shape index (κ1) is 52.1. The number of rotatable bonds is 41. The molecule has 0 aliphatic carbocycles. The lowest BCUT2D eigenvalue weighted by molar-refractivity contribution is -0.162. The van der Waals surface area contributed by atoms with Crippen LogP contribution in [0.5, 0.6) is 0 Å². The van der Waals surface area contributed by atoms with Crippen molar-refractivity contribution in [2.24, 2.45) is 5.92 Å². The number of hydrogen-bond acceptors (Lipinski definition) is 5. The molecule has 0 heterocycles. The van der Waals surface area contributed by atoms with Crippen LogP contribution in [0.1, 0.15) is 251 Å². The van der Waals surface area contributed by atoms with E-state index in [2.05, 4.69) is 39.8 Å². The smallest absolute Gasteiger partial charge is 0.320 e. The van der Waals surface area contributed by atoms with Gasteiger partial charge in [0, 0.05) is 6.61 Å². The Bertz CT molecular complexity index is 985. The second kappa shape index (κ2) is 37.4. The van der Waals surface area contributed by atoms with E-state index < -0.39 is 17.9 Å². The zero-order valence-electron chi connectivity index (χ0n) is 37.6. The van der Waals surface area contributed by atoms with Crippen LogP contribution < -0.4 is 0 Å². The Kier molecular flexibility index (Phi) is 34.8. The standard InChI is InChI=1S/C51H92O5/c1-5-7-9-11-13-15-17-19-21-23-25-27-29-31-33-35-42-55-49(53)48(45-46-38-37-39-47(44-46)51(3,4)40-41-52)50(54)56-43-36-34-32-30-28-26-24-22-20-18-16-14-12-10-8-6-2/h37-39,44,48,52H,5-36,40-43,45H2,1-4H3. The Morgan fingerprint density at radius 1 is 0.518 bits per heavy atom. The molecule has 5 heteroatoms. The van der Waals surface area contributed by atoms with Crippen LogP contribution in [0.25, 0.3) is 0 Å². The molecule has 0 spiro atoms. The van der Waals surface area contributed by atoms with Gasteiger partial charge in [-0.1, -0.05) is 245 Å². The van der Waals surface area contributed by atoms with E-state index in [0.717, 1.165) is 49.7 Å². The van der Waals surface area contributed by atoms with Gasteiger partial charge in [0.2, 0.25) is 0 Å². The Morgan fingerprint density at radius 2 is 0.839 bits per heavy atom. The van der Waals surface area contributed by atoms with Crippen LogP contribution in [0.15, 0.2) is 24.3 Å². The predicted molar refractivity (Wildman–Crippen MR) is 239 cm³/mol. The van der Waals surface area contributed by atoms with Gasteiger partial charge in [-0.15, -0.1) is 0 Å². The molecule has 0 saturated heterocycles. The van der Waals surface area contributed by atoms with Crippen LogP contribution in [0.3, 0.4) is 0 Å². The Balaban J connectivity index is 2.35. The number of unbranched alkanes of at least 4 members (excludes halogenated alkanes) is 30. The number of aliphatic hydroxyl groups excluding tert-OH is 1. The summed E-state index contributed by atoms with van der Waals surface area (Å²) in [5.74, 6) is -1.90. The minimum Gasteiger partial charge on any atom is -0.465 e. The van der Waals surface area contributed by atoms with Gasteiger partial charge in [0.05, 0.1) is 13.2 Å². The third-order valence-corrected chi connectivity index (χ3v) is 11.9. The van der Waals surface area contributed by atoms with Crippen LogP contribution in [0.2, 0.25) is 0 Å². The third kappa shape index (κ3) is 29.4. The second-order valence-electron chi connectivity index (χ2n) is 17.8. The van der Waals surface area contributed by atoms with E-state index in [0.29, 0.717) is 19.6 Å². The zero-order valence-corrected chi connectivity index (χ0v) is 37.6. The van der Waals surface area contributed by atoms with Gasteiger partial charge in [-0.2, -0.15) is 0 Å². The highest BCUT2D eigenvalue weighted by Crippen LogP contribution is 2.28. The SMILES string of the molecule is CCCCCCCCCCCCCCCCCCOC(=O)C(Cc1cccc(C(C)(C)CCO)c1)C(=O)OCCCCCCCCCCCCCCCCCC. The highest BCUT2D eigenvalue weighted by Gasteiger charge is 2.31. The fourth-order valence-corrected chi connectivity index (χ4v) is 7.89. The number of esters is 2. The topological polar surface area (TPSA) is 72.8 Å². The molecule has 0 unspecified atom stereocenters. The van der Waals surface area contributed by atoms with Gasteiger partial charge in [-0.05, 0) is 42.2 Å². The van der Waals surface area contributed by atoms with Gasteiger partial charge in [0.25, 0.3) is 0 Å². The molecule has 0 saturated carbocycles. The van der Waals surface area contributed by atoms with E-state index in [1.54, 1.807) is 0 Å². The van der Waals surface area contributed by atoms with E-state index in [9.17, 15) is 14.7 Å². The minimum atomic E-state index is -0.965. The quantitative estimate of drug-likeness (QED) is 0.0407. The number of aliphatic hydroxyl groups is 1. The monoisotopic (exact) mass is 785 g/mol. The molecule has 1 rings (SSSR count). The summed E-state index contributed by atoms with van der Waals surface area (Å²) in [6.07, 6.45) is 42.5. The van der Waals surface area contributed by atoms with E-state index >= 15 is 0 Å². The maximum Gasteiger partial charge on any atom is 0.320 e. The molecule has 0 aliphatic heterocycles. The van der Waals surface area contributed by atoms with E-state index in [1.165, 1.54) is 167 Å². The average molecular weight is 785 g/mol. The summed E-state index contributed by atoms with van der Waals surface area (Å²) in [4.78, 5) is 26.7. The van der Waals surface area contributed by atoms with Crippen molar-refractivity contribution in [1.29, 1.82) is 0 Å². The molecule has 0 fully saturated rings. The maximum atomic E-state index is 13.4. The van der Waals surface area contributed by atoms with Crippen molar-refractivity contribution in [1.82, 2.24) is 0 Å². The van der Waals surface area contributed by atoms with Crippen molar-refractivity contribution in [3.8, 4) is 0 Å². The first-order chi connectivity index (χ1) is 27.4. The molecule has 0 radical (unpaired) electrons. The first-order valence-electron chi connectivity index (χ1n) is 24.4. The number of carbonyl (C=O) groups excluding carboxylic acids is 2. The van der Waals surface area contributed by atoms with Crippen LogP contribution in [0.4, 0.5) is 0 Å². The van der Waals surface area contributed by atoms with Crippen LogP contribution >= 0.6 is 0 Å². The van der Waals surface area contributed by atoms with Crippen molar-refractivity contribution >= 4 is 11.9 Å². The van der Waals surface area contributed by atoms with Crippen molar-refractivity contribution in [2.45, 2.75) is 251 Å². The summed E-state index contributed by atoms with van der Waals surface area (Å²) in [7, 11) is 0. The predicted octanol–water partition coefficient (Wildman–Crippen LogP) is 15.1. The van der Waals surface area contributed by atoms with Gasteiger partial charge in [-0.25, -0.2) is 0 Å². The van der Waals surface area contributed by atoms with Gasteiger partial charge in [-0.3, -0.25) is 9.59 Å². The van der Waals surface area contributed by atoms with E-state index in [1.807, 2.05) is 12.1 Å². The van der Waals surface area contributed by atoms with Gasteiger partial charge < -0.3 is 14.6 Å².